The molecule has 0 saturated carbocycles. The zero-order chi connectivity index (χ0) is 13.0. The fourth-order valence-electron chi connectivity index (χ4n) is 2.66. The molecule has 0 aliphatic carbocycles. The fourth-order valence-corrected chi connectivity index (χ4v) is 3.14. The van der Waals surface area contributed by atoms with Crippen molar-refractivity contribution in [2.45, 2.75) is 44.7 Å². The van der Waals surface area contributed by atoms with Gasteiger partial charge in [0.05, 0.1) is 0 Å². The molecule has 1 heterocycles. The molecule has 1 aromatic carbocycles. The average Bonchev–Trinajstić information content (AvgIpc) is 2.30. The van der Waals surface area contributed by atoms with E-state index in [-0.39, 0.29) is 5.54 Å². The molecule has 0 aromatic heterocycles. The lowest BCUT2D eigenvalue weighted by Gasteiger charge is -2.37. The van der Waals surface area contributed by atoms with Crippen LogP contribution in [0.5, 0.6) is 0 Å². The van der Waals surface area contributed by atoms with Crippen molar-refractivity contribution in [3.05, 3.63) is 34.3 Å². The van der Waals surface area contributed by atoms with Gasteiger partial charge in [-0.05, 0) is 57.8 Å². The molecule has 1 aliphatic rings. The van der Waals surface area contributed by atoms with E-state index in [4.69, 9.17) is 0 Å². The van der Waals surface area contributed by atoms with E-state index in [9.17, 15) is 0 Å². The molecule has 0 bridgehead atoms. The lowest BCUT2D eigenvalue weighted by atomic mass is 9.89. The molecule has 1 unspecified atom stereocenters. The molecule has 0 amide bonds. The molecule has 2 rings (SSSR count). The van der Waals surface area contributed by atoms with Crippen molar-refractivity contribution in [2.75, 3.05) is 13.1 Å². The molecule has 2 nitrogen and oxygen atoms in total. The summed E-state index contributed by atoms with van der Waals surface area (Å²) in [5.41, 5.74) is 1.67. The van der Waals surface area contributed by atoms with Gasteiger partial charge in [0, 0.05) is 16.1 Å². The SMILES string of the molecule is CC1(C)CC(NCCc2ccccc2Br)CCN1. The summed E-state index contributed by atoms with van der Waals surface area (Å²) in [6, 6.07) is 9.13. The Kier molecular flexibility index (Phi) is 4.82. The maximum absolute atomic E-state index is 3.69. The van der Waals surface area contributed by atoms with E-state index in [1.807, 2.05) is 0 Å². The monoisotopic (exact) mass is 310 g/mol. The van der Waals surface area contributed by atoms with Crippen molar-refractivity contribution in [3.63, 3.8) is 0 Å². The Labute approximate surface area is 119 Å². The Morgan fingerprint density at radius 3 is 2.89 bits per heavy atom. The lowest BCUT2D eigenvalue weighted by molar-refractivity contribution is 0.249. The van der Waals surface area contributed by atoms with Crippen LogP contribution in [0.25, 0.3) is 0 Å². The minimum absolute atomic E-state index is 0.281. The van der Waals surface area contributed by atoms with Gasteiger partial charge in [-0.3, -0.25) is 0 Å². The first kappa shape index (κ1) is 14.0. The van der Waals surface area contributed by atoms with Gasteiger partial charge in [0.15, 0.2) is 0 Å². The zero-order valence-electron chi connectivity index (χ0n) is 11.3. The van der Waals surface area contributed by atoms with E-state index >= 15 is 0 Å². The van der Waals surface area contributed by atoms with Gasteiger partial charge in [-0.15, -0.1) is 0 Å². The standard InChI is InChI=1S/C15H23BrN2/c1-15(2)11-13(8-10-18-15)17-9-7-12-5-3-4-6-14(12)16/h3-6,13,17-18H,7-11H2,1-2H3. The van der Waals surface area contributed by atoms with Crippen LogP contribution in [-0.2, 0) is 6.42 Å². The molecule has 3 heteroatoms. The predicted octanol–water partition coefficient (Wildman–Crippen LogP) is 3.11. The second kappa shape index (κ2) is 6.18. The molecule has 18 heavy (non-hydrogen) atoms. The van der Waals surface area contributed by atoms with Crippen LogP contribution < -0.4 is 10.6 Å². The van der Waals surface area contributed by atoms with Crippen molar-refractivity contribution >= 4 is 15.9 Å². The highest BCUT2D eigenvalue weighted by atomic mass is 79.9. The lowest BCUT2D eigenvalue weighted by Crippen LogP contribution is -2.52. The molecule has 1 atom stereocenters. The third-order valence-electron chi connectivity index (χ3n) is 3.64. The first-order valence-electron chi connectivity index (χ1n) is 6.79. The van der Waals surface area contributed by atoms with Crippen LogP contribution in [-0.4, -0.2) is 24.7 Å². The second-order valence-corrected chi connectivity index (χ2v) is 6.65. The van der Waals surface area contributed by atoms with E-state index in [0.29, 0.717) is 6.04 Å². The van der Waals surface area contributed by atoms with Crippen LogP contribution in [0, 0.1) is 0 Å². The molecule has 1 saturated heterocycles. The Balaban J connectivity index is 1.77. The van der Waals surface area contributed by atoms with Gasteiger partial charge >= 0.3 is 0 Å². The Morgan fingerprint density at radius 1 is 1.39 bits per heavy atom. The van der Waals surface area contributed by atoms with Crippen LogP contribution in [0.4, 0.5) is 0 Å². The smallest absolute Gasteiger partial charge is 0.0207 e. The topological polar surface area (TPSA) is 24.1 Å². The quantitative estimate of drug-likeness (QED) is 0.893. The zero-order valence-corrected chi connectivity index (χ0v) is 12.9. The number of nitrogens with one attached hydrogen (secondary N) is 2. The summed E-state index contributed by atoms with van der Waals surface area (Å²) in [6.07, 6.45) is 3.54. The normalized spacial score (nSPS) is 22.9. The van der Waals surface area contributed by atoms with E-state index in [1.165, 1.54) is 22.9 Å². The molecule has 1 fully saturated rings. The summed E-state index contributed by atoms with van der Waals surface area (Å²) in [5.74, 6) is 0. The summed E-state index contributed by atoms with van der Waals surface area (Å²) in [4.78, 5) is 0. The molecule has 1 aliphatic heterocycles. The molecule has 1 aromatic rings. The van der Waals surface area contributed by atoms with Crippen LogP contribution in [0.15, 0.2) is 28.7 Å². The van der Waals surface area contributed by atoms with Crippen LogP contribution in [0.1, 0.15) is 32.3 Å². The van der Waals surface area contributed by atoms with Gasteiger partial charge in [0.2, 0.25) is 0 Å². The molecule has 2 N–H and O–H groups in total. The molecule has 0 spiro atoms. The van der Waals surface area contributed by atoms with Gasteiger partial charge in [0.25, 0.3) is 0 Å². The fraction of sp³-hybridized carbons (Fsp3) is 0.600. The number of hydrogen-bond acceptors (Lipinski definition) is 2. The van der Waals surface area contributed by atoms with Gasteiger partial charge in [-0.2, -0.15) is 0 Å². The Morgan fingerprint density at radius 2 is 2.17 bits per heavy atom. The predicted molar refractivity (Wildman–Crippen MR) is 81.0 cm³/mol. The van der Waals surface area contributed by atoms with E-state index in [0.717, 1.165) is 19.5 Å². The summed E-state index contributed by atoms with van der Waals surface area (Å²) in [6.45, 7) is 6.76. The van der Waals surface area contributed by atoms with Crippen molar-refractivity contribution in [1.29, 1.82) is 0 Å². The van der Waals surface area contributed by atoms with Gasteiger partial charge in [-0.1, -0.05) is 34.1 Å². The van der Waals surface area contributed by atoms with Gasteiger partial charge in [0.1, 0.15) is 0 Å². The van der Waals surface area contributed by atoms with Crippen molar-refractivity contribution in [1.82, 2.24) is 10.6 Å². The molecular weight excluding hydrogens is 288 g/mol. The molecule has 100 valence electrons. The average molecular weight is 311 g/mol. The van der Waals surface area contributed by atoms with Crippen molar-refractivity contribution in [2.24, 2.45) is 0 Å². The summed E-state index contributed by atoms with van der Waals surface area (Å²) in [7, 11) is 0. The van der Waals surface area contributed by atoms with Crippen molar-refractivity contribution in [3.8, 4) is 0 Å². The minimum atomic E-state index is 0.281. The Hall–Kier alpha value is -0.380. The van der Waals surface area contributed by atoms with Crippen LogP contribution >= 0.6 is 15.9 Å². The maximum atomic E-state index is 3.69. The number of piperidine rings is 1. The van der Waals surface area contributed by atoms with E-state index in [1.54, 1.807) is 0 Å². The second-order valence-electron chi connectivity index (χ2n) is 5.80. The van der Waals surface area contributed by atoms with Crippen LogP contribution in [0.3, 0.4) is 0 Å². The third-order valence-corrected chi connectivity index (χ3v) is 4.41. The van der Waals surface area contributed by atoms with Crippen molar-refractivity contribution < 1.29 is 0 Å². The number of benzene rings is 1. The minimum Gasteiger partial charge on any atom is -0.314 e. The van der Waals surface area contributed by atoms with E-state index < -0.39 is 0 Å². The number of hydrogen-bond donors (Lipinski definition) is 2. The van der Waals surface area contributed by atoms with Crippen LogP contribution in [0.2, 0.25) is 0 Å². The summed E-state index contributed by atoms with van der Waals surface area (Å²) in [5, 5.41) is 7.25. The highest BCUT2D eigenvalue weighted by Crippen LogP contribution is 2.19. The first-order chi connectivity index (χ1) is 8.57. The van der Waals surface area contributed by atoms with Gasteiger partial charge in [-0.25, -0.2) is 0 Å². The maximum Gasteiger partial charge on any atom is 0.0207 e. The summed E-state index contributed by atoms with van der Waals surface area (Å²) < 4.78 is 1.22. The first-order valence-corrected chi connectivity index (χ1v) is 7.58. The van der Waals surface area contributed by atoms with Gasteiger partial charge < -0.3 is 10.6 Å². The number of halogens is 1. The Bertz CT molecular complexity index is 390. The highest BCUT2D eigenvalue weighted by molar-refractivity contribution is 9.10. The number of rotatable bonds is 4. The summed E-state index contributed by atoms with van der Waals surface area (Å²) >= 11 is 3.60. The molecule has 0 radical (unpaired) electrons. The molecular formula is C15H23BrN2. The largest absolute Gasteiger partial charge is 0.314 e. The van der Waals surface area contributed by atoms with E-state index in [2.05, 4.69) is 64.7 Å². The third kappa shape index (κ3) is 4.08. The highest BCUT2D eigenvalue weighted by Gasteiger charge is 2.26.